The van der Waals surface area contributed by atoms with Gasteiger partial charge in [0, 0.05) is 37.4 Å². The molecular weight excluding hydrogens is 360 g/mol. The van der Waals surface area contributed by atoms with Crippen molar-refractivity contribution in [3.8, 4) is 5.75 Å². The summed E-state index contributed by atoms with van der Waals surface area (Å²) in [5.74, 6) is -1.07. The largest absolute Gasteiger partial charge is 0.495 e. The van der Waals surface area contributed by atoms with Crippen LogP contribution in [0.15, 0.2) is 48.5 Å². The highest BCUT2D eigenvalue weighted by molar-refractivity contribution is 6.39. The van der Waals surface area contributed by atoms with E-state index < -0.39 is 17.7 Å². The Morgan fingerprint density at radius 2 is 1.61 bits per heavy atom. The Bertz CT molecular complexity index is 874. The minimum atomic E-state index is -0.711. The van der Waals surface area contributed by atoms with Crippen LogP contribution in [0.4, 0.5) is 11.4 Å². The van der Waals surface area contributed by atoms with Gasteiger partial charge in [0.15, 0.2) is 0 Å². The van der Waals surface area contributed by atoms with E-state index in [0.717, 1.165) is 11.4 Å². The van der Waals surface area contributed by atoms with E-state index in [0.29, 0.717) is 37.4 Å². The molecule has 3 rings (SSSR count). The first kappa shape index (κ1) is 19.2. The number of piperazine rings is 1. The fourth-order valence-corrected chi connectivity index (χ4v) is 3.09. The summed E-state index contributed by atoms with van der Waals surface area (Å²) in [6.45, 7) is 2.08. The maximum Gasteiger partial charge on any atom is 0.313 e. The monoisotopic (exact) mass is 382 g/mol. The molecule has 1 saturated heterocycles. The van der Waals surface area contributed by atoms with Crippen molar-refractivity contribution in [2.45, 2.75) is 0 Å². The summed E-state index contributed by atoms with van der Waals surface area (Å²) in [7, 11) is 1.62. The van der Waals surface area contributed by atoms with E-state index in [1.165, 1.54) is 29.2 Å². The fraction of sp³-hybridized carbons (Fsp3) is 0.250. The number of nitrogens with two attached hydrogens (primary N) is 1. The second-order valence-corrected chi connectivity index (χ2v) is 6.35. The minimum absolute atomic E-state index is 0.330. The molecule has 3 amide bonds. The second kappa shape index (κ2) is 8.43. The van der Waals surface area contributed by atoms with Crippen molar-refractivity contribution in [2.24, 2.45) is 5.73 Å². The molecule has 146 valence electrons. The topological polar surface area (TPSA) is 105 Å². The summed E-state index contributed by atoms with van der Waals surface area (Å²) >= 11 is 0. The van der Waals surface area contributed by atoms with Crippen LogP contribution in [-0.2, 0) is 9.59 Å². The van der Waals surface area contributed by atoms with E-state index in [1.54, 1.807) is 7.11 Å². The van der Waals surface area contributed by atoms with E-state index >= 15 is 0 Å². The number of benzene rings is 2. The number of hydrogen-bond acceptors (Lipinski definition) is 5. The van der Waals surface area contributed by atoms with Crippen LogP contribution in [0.1, 0.15) is 10.4 Å². The van der Waals surface area contributed by atoms with Crippen LogP contribution in [0, 0.1) is 0 Å². The Kier molecular flexibility index (Phi) is 5.78. The summed E-state index contributed by atoms with van der Waals surface area (Å²) in [5.41, 5.74) is 6.91. The van der Waals surface area contributed by atoms with Crippen molar-refractivity contribution in [1.29, 1.82) is 0 Å². The Morgan fingerprint density at radius 3 is 2.21 bits per heavy atom. The van der Waals surface area contributed by atoms with Crippen LogP contribution in [0.2, 0.25) is 0 Å². The first-order valence-electron chi connectivity index (χ1n) is 8.87. The lowest BCUT2D eigenvalue weighted by Gasteiger charge is -2.36. The molecule has 8 heteroatoms. The van der Waals surface area contributed by atoms with Crippen LogP contribution >= 0.6 is 0 Å². The SMILES string of the molecule is COc1ccccc1N1CCN(C(=O)C(=O)Nc2ccc(C(N)=O)cc2)CC1. The molecule has 0 aliphatic carbocycles. The van der Waals surface area contributed by atoms with Gasteiger partial charge < -0.3 is 25.6 Å². The molecular formula is C20H22N4O4. The molecule has 1 aliphatic heterocycles. The molecule has 0 radical (unpaired) electrons. The van der Waals surface area contributed by atoms with Crippen molar-refractivity contribution < 1.29 is 19.1 Å². The standard InChI is InChI=1S/C20H22N4O4/c1-28-17-5-3-2-4-16(17)23-10-12-24(13-11-23)20(27)19(26)22-15-8-6-14(7-9-15)18(21)25/h2-9H,10-13H2,1H3,(H2,21,25)(H,22,26). The van der Waals surface area contributed by atoms with E-state index in [-0.39, 0.29) is 0 Å². The first-order valence-corrected chi connectivity index (χ1v) is 8.87. The van der Waals surface area contributed by atoms with Crippen LogP contribution in [-0.4, -0.2) is 55.9 Å². The maximum atomic E-state index is 12.4. The van der Waals surface area contributed by atoms with Gasteiger partial charge in [0.05, 0.1) is 12.8 Å². The number of anilines is 2. The normalized spacial score (nSPS) is 13.8. The molecule has 1 heterocycles. The van der Waals surface area contributed by atoms with Gasteiger partial charge in [0.1, 0.15) is 5.75 Å². The molecule has 28 heavy (non-hydrogen) atoms. The Morgan fingerprint density at radius 1 is 0.964 bits per heavy atom. The van der Waals surface area contributed by atoms with Crippen LogP contribution in [0.3, 0.4) is 0 Å². The van der Waals surface area contributed by atoms with E-state index in [1.807, 2.05) is 24.3 Å². The quantitative estimate of drug-likeness (QED) is 0.770. The Balaban J connectivity index is 1.57. The van der Waals surface area contributed by atoms with Crippen LogP contribution < -0.4 is 20.7 Å². The number of rotatable bonds is 4. The van der Waals surface area contributed by atoms with Gasteiger partial charge in [-0.3, -0.25) is 14.4 Å². The zero-order chi connectivity index (χ0) is 20.1. The average Bonchev–Trinajstić information content (AvgIpc) is 2.73. The molecule has 0 unspecified atom stereocenters. The minimum Gasteiger partial charge on any atom is -0.495 e. The van der Waals surface area contributed by atoms with Crippen molar-refractivity contribution in [1.82, 2.24) is 4.90 Å². The molecule has 0 aromatic heterocycles. The van der Waals surface area contributed by atoms with Gasteiger partial charge >= 0.3 is 11.8 Å². The third-order valence-electron chi connectivity index (χ3n) is 4.61. The molecule has 0 spiro atoms. The summed E-state index contributed by atoms with van der Waals surface area (Å²) in [6, 6.07) is 13.8. The van der Waals surface area contributed by atoms with Crippen molar-refractivity contribution in [3.63, 3.8) is 0 Å². The molecule has 0 bridgehead atoms. The molecule has 0 atom stereocenters. The zero-order valence-electron chi connectivity index (χ0n) is 15.6. The molecule has 2 aromatic carbocycles. The second-order valence-electron chi connectivity index (χ2n) is 6.35. The molecule has 2 aromatic rings. The summed E-state index contributed by atoms with van der Waals surface area (Å²) in [5, 5.41) is 2.55. The lowest BCUT2D eigenvalue weighted by Crippen LogP contribution is -2.51. The van der Waals surface area contributed by atoms with Crippen molar-refractivity contribution in [3.05, 3.63) is 54.1 Å². The van der Waals surface area contributed by atoms with E-state index in [2.05, 4.69) is 10.2 Å². The number of nitrogens with one attached hydrogen (secondary N) is 1. The highest BCUT2D eigenvalue weighted by Gasteiger charge is 2.27. The van der Waals surface area contributed by atoms with Crippen molar-refractivity contribution in [2.75, 3.05) is 43.5 Å². The Labute approximate surface area is 162 Å². The molecule has 3 N–H and O–H groups in total. The van der Waals surface area contributed by atoms with E-state index in [9.17, 15) is 14.4 Å². The Hall–Kier alpha value is -3.55. The third kappa shape index (κ3) is 4.22. The number of nitrogens with zero attached hydrogens (tertiary/aromatic N) is 2. The van der Waals surface area contributed by atoms with Crippen LogP contribution in [0.25, 0.3) is 0 Å². The number of amides is 3. The summed E-state index contributed by atoms with van der Waals surface area (Å²) in [6.07, 6.45) is 0. The highest BCUT2D eigenvalue weighted by Crippen LogP contribution is 2.28. The zero-order valence-corrected chi connectivity index (χ0v) is 15.6. The van der Waals surface area contributed by atoms with Crippen LogP contribution in [0.5, 0.6) is 5.75 Å². The van der Waals surface area contributed by atoms with Gasteiger partial charge in [-0.2, -0.15) is 0 Å². The van der Waals surface area contributed by atoms with Crippen molar-refractivity contribution >= 4 is 29.1 Å². The fourth-order valence-electron chi connectivity index (χ4n) is 3.09. The van der Waals surface area contributed by atoms with Gasteiger partial charge in [-0.25, -0.2) is 0 Å². The van der Waals surface area contributed by atoms with E-state index in [4.69, 9.17) is 10.5 Å². The number of methoxy groups -OCH3 is 1. The first-order chi connectivity index (χ1) is 13.5. The van der Waals surface area contributed by atoms with Gasteiger partial charge in [-0.1, -0.05) is 12.1 Å². The van der Waals surface area contributed by atoms with Gasteiger partial charge in [0.25, 0.3) is 0 Å². The predicted octanol–water partition coefficient (Wildman–Crippen LogP) is 1.08. The molecule has 1 aliphatic rings. The number of ether oxygens (including phenoxy) is 1. The number of primary amides is 1. The lowest BCUT2D eigenvalue weighted by molar-refractivity contribution is -0.143. The van der Waals surface area contributed by atoms with Gasteiger partial charge in [-0.15, -0.1) is 0 Å². The smallest absolute Gasteiger partial charge is 0.313 e. The molecule has 1 fully saturated rings. The molecule has 0 saturated carbocycles. The van der Waals surface area contributed by atoms with Gasteiger partial charge in [0.2, 0.25) is 5.91 Å². The van der Waals surface area contributed by atoms with Gasteiger partial charge in [-0.05, 0) is 36.4 Å². The lowest BCUT2D eigenvalue weighted by atomic mass is 10.2. The maximum absolute atomic E-state index is 12.4. The summed E-state index contributed by atoms with van der Waals surface area (Å²) < 4.78 is 5.39. The third-order valence-corrected chi connectivity index (χ3v) is 4.61. The number of carbonyl (C=O) groups is 3. The number of hydrogen-bond donors (Lipinski definition) is 2. The number of carbonyl (C=O) groups excluding carboxylic acids is 3. The summed E-state index contributed by atoms with van der Waals surface area (Å²) in [4.78, 5) is 39.4. The number of para-hydroxylation sites is 2. The predicted molar refractivity (Wildman–Crippen MR) is 105 cm³/mol. The highest BCUT2D eigenvalue weighted by atomic mass is 16.5. The molecule has 8 nitrogen and oxygen atoms in total. The average molecular weight is 382 g/mol.